The molecule has 1 aliphatic carbocycles. The van der Waals surface area contributed by atoms with Crippen LogP contribution in [0.15, 0.2) is 4.79 Å². The van der Waals surface area contributed by atoms with Gasteiger partial charge in [0.1, 0.15) is 18.2 Å². The number of carbonyl (C=O) groups excluding carboxylic acids is 2. The zero-order chi connectivity index (χ0) is 18.6. The summed E-state index contributed by atoms with van der Waals surface area (Å²) in [7, 11) is 0. The zero-order valence-electron chi connectivity index (χ0n) is 14.8. The maximum atomic E-state index is 12.2. The van der Waals surface area contributed by atoms with Crippen molar-refractivity contribution in [1.82, 2.24) is 20.4 Å². The van der Waals surface area contributed by atoms with Crippen molar-refractivity contribution >= 4 is 11.9 Å². The van der Waals surface area contributed by atoms with Crippen molar-refractivity contribution in [1.29, 1.82) is 5.26 Å². The Hall–Kier alpha value is -2.69. The largest absolute Gasteiger partial charge is 0.335 e. The van der Waals surface area contributed by atoms with Crippen LogP contribution in [0, 0.1) is 31.1 Å². The summed E-state index contributed by atoms with van der Waals surface area (Å²) in [5, 5.41) is 18.1. The van der Waals surface area contributed by atoms with Crippen molar-refractivity contribution in [2.24, 2.45) is 5.92 Å². The van der Waals surface area contributed by atoms with Gasteiger partial charge in [-0.3, -0.25) is 14.9 Å². The maximum absolute atomic E-state index is 12.2. The lowest BCUT2D eigenvalue weighted by molar-refractivity contribution is -0.120. The standard InChI is InChI=1S/C17H23N5O3/c1-10-6-4-5-7-14(10)19-17(25)20-15(23)9-22-16(24)13(8-18)11(2)12(3)21-22/h10,14H,4-7,9H2,1-3H3,(H2,19,20,23,25)/t10-,14-/m1/s1. The first-order valence-corrected chi connectivity index (χ1v) is 8.42. The highest BCUT2D eigenvalue weighted by Crippen LogP contribution is 2.23. The number of urea groups is 1. The molecule has 1 aromatic heterocycles. The van der Waals surface area contributed by atoms with Crippen molar-refractivity contribution < 1.29 is 9.59 Å². The predicted molar refractivity (Wildman–Crippen MR) is 90.8 cm³/mol. The second kappa shape index (κ2) is 7.92. The molecule has 2 atom stereocenters. The van der Waals surface area contributed by atoms with Crippen LogP contribution in [-0.4, -0.2) is 27.8 Å². The number of amides is 3. The molecule has 2 rings (SSSR count). The van der Waals surface area contributed by atoms with E-state index in [-0.39, 0.29) is 11.6 Å². The fourth-order valence-electron chi connectivity index (χ4n) is 3.05. The lowest BCUT2D eigenvalue weighted by Gasteiger charge is -2.29. The average Bonchev–Trinajstić information content (AvgIpc) is 2.55. The van der Waals surface area contributed by atoms with Gasteiger partial charge in [-0.2, -0.15) is 10.4 Å². The first-order valence-electron chi connectivity index (χ1n) is 8.42. The van der Waals surface area contributed by atoms with Gasteiger partial charge in [-0.1, -0.05) is 19.8 Å². The van der Waals surface area contributed by atoms with E-state index in [1.807, 2.05) is 6.07 Å². The van der Waals surface area contributed by atoms with Gasteiger partial charge in [-0.25, -0.2) is 9.48 Å². The molecule has 0 unspecified atom stereocenters. The van der Waals surface area contributed by atoms with Crippen molar-refractivity contribution in [3.63, 3.8) is 0 Å². The molecular weight excluding hydrogens is 322 g/mol. The Balaban J connectivity index is 2.01. The molecule has 2 N–H and O–H groups in total. The molecular formula is C17H23N5O3. The van der Waals surface area contributed by atoms with Crippen LogP contribution < -0.4 is 16.2 Å². The number of hydrogen-bond acceptors (Lipinski definition) is 5. The number of aromatic nitrogens is 2. The minimum absolute atomic E-state index is 0.0409. The summed E-state index contributed by atoms with van der Waals surface area (Å²) >= 11 is 0. The van der Waals surface area contributed by atoms with Crippen LogP contribution >= 0.6 is 0 Å². The molecule has 1 saturated carbocycles. The molecule has 3 amide bonds. The van der Waals surface area contributed by atoms with E-state index >= 15 is 0 Å². The second-order valence-electron chi connectivity index (χ2n) is 6.55. The van der Waals surface area contributed by atoms with E-state index in [0.29, 0.717) is 17.2 Å². The molecule has 0 aromatic carbocycles. The number of carbonyl (C=O) groups is 2. The normalized spacial score (nSPS) is 19.8. The van der Waals surface area contributed by atoms with E-state index < -0.39 is 24.0 Å². The summed E-state index contributed by atoms with van der Waals surface area (Å²) in [6.07, 6.45) is 4.16. The van der Waals surface area contributed by atoms with E-state index in [9.17, 15) is 14.4 Å². The molecule has 1 aromatic rings. The van der Waals surface area contributed by atoms with Gasteiger partial charge in [0.2, 0.25) is 5.91 Å². The Morgan fingerprint density at radius 2 is 2.00 bits per heavy atom. The highest BCUT2D eigenvalue weighted by molar-refractivity contribution is 5.94. The highest BCUT2D eigenvalue weighted by atomic mass is 16.2. The monoisotopic (exact) mass is 345 g/mol. The summed E-state index contributed by atoms with van der Waals surface area (Å²) in [5.74, 6) is -0.278. The van der Waals surface area contributed by atoms with Crippen LogP contribution in [0.1, 0.15) is 49.4 Å². The van der Waals surface area contributed by atoms with E-state index in [4.69, 9.17) is 5.26 Å². The Morgan fingerprint density at radius 1 is 1.32 bits per heavy atom. The third-order valence-electron chi connectivity index (χ3n) is 4.72. The van der Waals surface area contributed by atoms with Gasteiger partial charge in [-0.05, 0) is 38.2 Å². The van der Waals surface area contributed by atoms with Crippen LogP contribution in [-0.2, 0) is 11.3 Å². The third-order valence-corrected chi connectivity index (χ3v) is 4.72. The van der Waals surface area contributed by atoms with Crippen molar-refractivity contribution in [2.75, 3.05) is 0 Å². The first kappa shape index (κ1) is 18.6. The second-order valence-corrected chi connectivity index (χ2v) is 6.55. The Labute approximate surface area is 146 Å². The van der Waals surface area contributed by atoms with Gasteiger partial charge in [0.25, 0.3) is 5.56 Å². The molecule has 8 nitrogen and oxygen atoms in total. The molecule has 25 heavy (non-hydrogen) atoms. The predicted octanol–water partition coefficient (Wildman–Crippen LogP) is 1.14. The summed E-state index contributed by atoms with van der Waals surface area (Å²) in [5.41, 5.74) is 0.306. The van der Waals surface area contributed by atoms with Gasteiger partial charge < -0.3 is 5.32 Å². The van der Waals surface area contributed by atoms with Crippen LogP contribution in [0.25, 0.3) is 0 Å². The molecule has 0 spiro atoms. The van der Waals surface area contributed by atoms with Crippen molar-refractivity contribution in [3.8, 4) is 6.07 Å². The lowest BCUT2D eigenvalue weighted by Crippen LogP contribution is -2.49. The first-order chi connectivity index (χ1) is 11.8. The van der Waals surface area contributed by atoms with Crippen LogP contribution in [0.5, 0.6) is 0 Å². The van der Waals surface area contributed by atoms with Gasteiger partial charge in [0, 0.05) is 6.04 Å². The van der Waals surface area contributed by atoms with Gasteiger partial charge in [0.15, 0.2) is 0 Å². The molecule has 0 bridgehead atoms. The van der Waals surface area contributed by atoms with Crippen molar-refractivity contribution in [2.45, 2.75) is 59.0 Å². The number of rotatable bonds is 3. The average molecular weight is 345 g/mol. The van der Waals surface area contributed by atoms with E-state index in [1.165, 1.54) is 0 Å². The third kappa shape index (κ3) is 4.44. The van der Waals surface area contributed by atoms with E-state index in [0.717, 1.165) is 30.4 Å². The van der Waals surface area contributed by atoms with Gasteiger partial charge in [-0.15, -0.1) is 0 Å². The summed E-state index contributed by atoms with van der Waals surface area (Å²) in [4.78, 5) is 36.2. The van der Waals surface area contributed by atoms with Crippen LogP contribution in [0.2, 0.25) is 0 Å². The van der Waals surface area contributed by atoms with Crippen LogP contribution in [0.4, 0.5) is 4.79 Å². The number of nitrogens with zero attached hydrogens (tertiary/aromatic N) is 3. The van der Waals surface area contributed by atoms with Crippen LogP contribution in [0.3, 0.4) is 0 Å². The van der Waals surface area contributed by atoms with Gasteiger partial charge >= 0.3 is 6.03 Å². The smallest absolute Gasteiger partial charge is 0.321 e. The minimum atomic E-state index is -0.650. The molecule has 8 heteroatoms. The summed E-state index contributed by atoms with van der Waals surface area (Å²) in [6.45, 7) is 4.95. The molecule has 134 valence electrons. The Kier molecular flexibility index (Phi) is 5.91. The number of imide groups is 1. The topological polar surface area (TPSA) is 117 Å². The Morgan fingerprint density at radius 3 is 2.64 bits per heavy atom. The van der Waals surface area contributed by atoms with Crippen molar-refractivity contribution in [3.05, 3.63) is 27.2 Å². The summed E-state index contributed by atoms with van der Waals surface area (Å²) < 4.78 is 0.909. The number of hydrogen-bond donors (Lipinski definition) is 2. The zero-order valence-corrected chi connectivity index (χ0v) is 14.8. The summed E-state index contributed by atoms with van der Waals surface area (Å²) in [6, 6.07) is 1.32. The molecule has 0 radical (unpaired) electrons. The molecule has 0 aliphatic heterocycles. The lowest BCUT2D eigenvalue weighted by atomic mass is 9.86. The van der Waals surface area contributed by atoms with E-state index in [2.05, 4.69) is 22.7 Å². The quantitative estimate of drug-likeness (QED) is 0.852. The van der Waals surface area contributed by atoms with Gasteiger partial charge in [0.05, 0.1) is 5.69 Å². The maximum Gasteiger partial charge on any atom is 0.321 e. The number of aryl methyl sites for hydroxylation is 1. The fraction of sp³-hybridized carbons (Fsp3) is 0.588. The fourth-order valence-corrected chi connectivity index (χ4v) is 3.05. The Bertz CT molecular complexity index is 778. The number of nitriles is 1. The minimum Gasteiger partial charge on any atom is -0.335 e. The molecule has 0 saturated heterocycles. The molecule has 1 fully saturated rings. The highest BCUT2D eigenvalue weighted by Gasteiger charge is 2.23. The molecule has 1 heterocycles. The SMILES string of the molecule is Cc1nn(CC(=O)NC(=O)N[C@@H]2CCCC[C@H]2C)c(=O)c(C#N)c1C. The number of nitrogens with one attached hydrogen (secondary N) is 2. The molecule has 1 aliphatic rings. The van der Waals surface area contributed by atoms with E-state index in [1.54, 1.807) is 13.8 Å².